The van der Waals surface area contributed by atoms with Crippen molar-refractivity contribution in [2.24, 2.45) is 11.8 Å². The minimum Gasteiger partial charge on any atom is -0.481 e. The van der Waals surface area contributed by atoms with Gasteiger partial charge in [0.2, 0.25) is 29.5 Å². The molecule has 0 rings (SSSR count). The Labute approximate surface area is 464 Å². The summed E-state index contributed by atoms with van der Waals surface area (Å²) >= 11 is 0. The maximum atomic E-state index is 14.3. The summed E-state index contributed by atoms with van der Waals surface area (Å²) in [4.78, 5) is 199. The van der Waals surface area contributed by atoms with Gasteiger partial charge >= 0.3 is 53.8 Å². The Morgan fingerprint density at radius 3 is 1.12 bits per heavy atom. The summed E-state index contributed by atoms with van der Waals surface area (Å²) in [5.74, 6) is -22.4. The molecule has 0 fully saturated rings. The fraction of sp³-hybridized carbons (Fsp3) is 0.680. The van der Waals surface area contributed by atoms with Crippen LogP contribution in [0.1, 0.15) is 162 Å². The second kappa shape index (κ2) is 38.3. The third kappa shape index (κ3) is 35.8. The number of rotatable bonds is 45. The van der Waals surface area contributed by atoms with Gasteiger partial charge in [0.05, 0.1) is 0 Å². The first-order valence-corrected chi connectivity index (χ1v) is 26.0. The van der Waals surface area contributed by atoms with Crippen molar-refractivity contribution in [2.45, 2.75) is 198 Å². The minimum atomic E-state index is -1.85. The fourth-order valence-corrected chi connectivity index (χ4v) is 7.59. The first kappa shape index (κ1) is 72.7. The lowest BCUT2D eigenvalue weighted by atomic mass is 9.84. The van der Waals surface area contributed by atoms with E-state index in [4.69, 9.17) is 25.2 Å². The van der Waals surface area contributed by atoms with Crippen molar-refractivity contribution in [1.29, 1.82) is 0 Å². The zero-order valence-corrected chi connectivity index (χ0v) is 45.3. The molecular weight excluding hydrogens is 1080 g/mol. The largest absolute Gasteiger partial charge is 0.481 e. The number of nitrogens with one attached hydrogen (secondary N) is 6. The lowest BCUT2D eigenvalue weighted by Crippen LogP contribution is -2.52. The van der Waals surface area contributed by atoms with Gasteiger partial charge in [0, 0.05) is 82.6 Å². The highest BCUT2D eigenvalue weighted by molar-refractivity contribution is 5.94. The summed E-state index contributed by atoms with van der Waals surface area (Å²) in [5.41, 5.74) is -0.700. The number of carbonyl (C=O) groups is 16. The van der Waals surface area contributed by atoms with Crippen LogP contribution in [0.15, 0.2) is 0 Å². The van der Waals surface area contributed by atoms with Gasteiger partial charge < -0.3 is 77.5 Å². The number of ether oxygens (including phenoxy) is 1. The number of unbranched alkanes of at least 4 members (excludes halogenated alkanes) is 4. The fourth-order valence-electron chi connectivity index (χ4n) is 7.59. The molecule has 0 aromatic rings. The number of ketones is 2. The van der Waals surface area contributed by atoms with Crippen molar-refractivity contribution in [3.8, 4) is 0 Å². The van der Waals surface area contributed by atoms with Crippen molar-refractivity contribution in [3.63, 3.8) is 0 Å². The number of carboxylic acid groups (broad SMARTS) is 8. The molecule has 31 nitrogen and oxygen atoms in total. The van der Waals surface area contributed by atoms with Crippen LogP contribution in [0, 0.1) is 11.8 Å². The number of hydrogen-bond donors (Lipinski definition) is 14. The van der Waals surface area contributed by atoms with Gasteiger partial charge in [0.1, 0.15) is 47.4 Å². The number of aliphatic carboxylic acids is 8. The molecule has 31 heteroatoms. The van der Waals surface area contributed by atoms with Crippen molar-refractivity contribution in [3.05, 3.63) is 0 Å². The zero-order valence-electron chi connectivity index (χ0n) is 45.3. The van der Waals surface area contributed by atoms with Crippen LogP contribution in [0.4, 0.5) is 4.79 Å². The maximum absolute atomic E-state index is 14.3. The van der Waals surface area contributed by atoms with Crippen LogP contribution >= 0.6 is 0 Å². The van der Waals surface area contributed by atoms with Crippen LogP contribution in [0.3, 0.4) is 0 Å². The molecule has 7 unspecified atom stereocenters. The molecule has 14 N–H and O–H groups in total. The normalized spacial score (nSPS) is 13.6. The molecule has 0 aliphatic rings. The first-order valence-electron chi connectivity index (χ1n) is 26.0. The van der Waals surface area contributed by atoms with Crippen LogP contribution in [0.2, 0.25) is 0 Å². The molecule has 0 saturated heterocycles. The Balaban J connectivity index is 6.90. The molecule has 0 aromatic heterocycles. The summed E-state index contributed by atoms with van der Waals surface area (Å²) in [6.45, 7) is 5.42. The van der Waals surface area contributed by atoms with Crippen LogP contribution < -0.4 is 31.9 Å². The molecule has 0 radical (unpaired) electrons. The maximum Gasteiger partial charge on any atom is 0.407 e. The van der Waals surface area contributed by atoms with Crippen LogP contribution in [-0.2, 0) is 76.7 Å². The van der Waals surface area contributed by atoms with Gasteiger partial charge in [-0.3, -0.25) is 52.7 Å². The van der Waals surface area contributed by atoms with E-state index in [-0.39, 0.29) is 6.42 Å². The van der Waals surface area contributed by atoms with E-state index < -0.39 is 245 Å². The summed E-state index contributed by atoms with van der Waals surface area (Å²) in [6.07, 6.45) is -8.79. The Bertz CT molecular complexity index is 2250. The molecule has 6 amide bonds. The van der Waals surface area contributed by atoms with Crippen molar-refractivity contribution < 1.29 is 122 Å². The number of hydrogen-bond acceptors (Lipinski definition) is 17. The Hall–Kier alpha value is -8.28. The molecule has 81 heavy (non-hydrogen) atoms. The van der Waals surface area contributed by atoms with Gasteiger partial charge in [0.15, 0.2) is 0 Å². The number of alkyl carbamates (subject to hydrolysis) is 1. The van der Waals surface area contributed by atoms with E-state index in [9.17, 15) is 97.1 Å². The topological polar surface area (TPSA) is 516 Å². The van der Waals surface area contributed by atoms with Crippen LogP contribution in [0.5, 0.6) is 0 Å². The van der Waals surface area contributed by atoms with Crippen LogP contribution in [0.25, 0.3) is 0 Å². The Morgan fingerprint density at radius 1 is 0.370 bits per heavy atom. The molecule has 0 heterocycles. The van der Waals surface area contributed by atoms with Gasteiger partial charge in [-0.1, -0.05) is 19.3 Å². The van der Waals surface area contributed by atoms with Gasteiger partial charge in [-0.05, 0) is 78.6 Å². The average molecular weight is 1160 g/mol. The van der Waals surface area contributed by atoms with E-state index in [1.165, 1.54) is 0 Å². The molecule has 0 aliphatic carbocycles. The minimum absolute atomic E-state index is 0.108. The molecule has 0 saturated carbocycles. The van der Waals surface area contributed by atoms with E-state index in [0.29, 0.717) is 38.6 Å². The zero-order chi connectivity index (χ0) is 62.0. The first-order chi connectivity index (χ1) is 37.7. The summed E-state index contributed by atoms with van der Waals surface area (Å²) in [7, 11) is 0. The van der Waals surface area contributed by atoms with Gasteiger partial charge in [-0.2, -0.15) is 0 Å². The highest BCUT2D eigenvalue weighted by Crippen LogP contribution is 2.24. The lowest BCUT2D eigenvalue weighted by Gasteiger charge is -2.23. The molecular formula is C50H76N6O25. The van der Waals surface area contributed by atoms with Gasteiger partial charge in [-0.15, -0.1) is 0 Å². The van der Waals surface area contributed by atoms with E-state index in [0.717, 1.165) is 0 Å². The van der Waals surface area contributed by atoms with Crippen molar-refractivity contribution in [1.82, 2.24) is 31.9 Å². The number of Topliss-reactive ketones (excluding diaryl/α,β-unsaturated/α-hetero) is 2. The van der Waals surface area contributed by atoms with Gasteiger partial charge in [-0.25, -0.2) is 24.0 Å². The smallest absolute Gasteiger partial charge is 0.407 e. The van der Waals surface area contributed by atoms with E-state index in [2.05, 4.69) is 31.9 Å². The predicted octanol–water partition coefficient (Wildman–Crippen LogP) is 0.565. The number of carbonyl (C=O) groups excluding carboxylic acids is 8. The van der Waals surface area contributed by atoms with Crippen molar-refractivity contribution >= 4 is 95.0 Å². The number of amides is 6. The van der Waals surface area contributed by atoms with E-state index in [1.54, 1.807) is 20.8 Å². The second-order valence-electron chi connectivity index (χ2n) is 19.9. The molecule has 0 spiro atoms. The molecule has 7 atom stereocenters. The standard InChI is InChI=1S/C50H76N6O25/c1-50(2,3)81-49(80)51-24-8-6-4-5-7-9-29(57)25-27(35(58)26-28(43(70)55-33(47(76)77)15-22-41(66)67)11-18-37(60)53-31(45(72)73)13-20-39(62)63)10-17-36(59)52-30(44(71)56-34(48(78)79)16-23-42(68)69)12-19-38(61)54-32(46(74)75)14-21-40(64)65/h27-28,30-34H,4-26H2,1-3H3,(H,51,80)(H,52,59)(H,53,60)(H,54,61)(H,55,70)(H,56,71)(H,62,63)(H,64,65)(H,66,67)(H,68,69)(H,72,73)(H,74,75)(H,76,77)(H,78,79). The quantitative estimate of drug-likeness (QED) is 0.0371. The van der Waals surface area contributed by atoms with Crippen molar-refractivity contribution in [2.75, 3.05) is 6.54 Å². The van der Waals surface area contributed by atoms with Gasteiger partial charge in [0.25, 0.3) is 0 Å². The monoisotopic (exact) mass is 1160 g/mol. The summed E-state index contributed by atoms with van der Waals surface area (Å²) in [6, 6.07) is -8.94. The van der Waals surface area contributed by atoms with E-state index >= 15 is 0 Å². The SMILES string of the molecule is CC(C)(C)OC(=O)NCCCCCCCC(=O)CC(CCC(=O)NC(CCC(=O)NC(CCC(=O)O)C(=O)O)C(=O)NC(CCC(=O)O)C(=O)O)C(=O)CC(CCC(=O)NC(CCC(=O)O)C(=O)O)C(=O)NC(CCC(=O)O)C(=O)O. The number of carboxylic acids is 8. The van der Waals surface area contributed by atoms with E-state index in [1.807, 2.05) is 0 Å². The molecule has 0 aliphatic heterocycles. The second-order valence-corrected chi connectivity index (χ2v) is 19.9. The average Bonchev–Trinajstić information content (AvgIpc) is 3.34. The van der Waals surface area contributed by atoms with Crippen LogP contribution in [-0.4, -0.2) is 178 Å². The predicted molar refractivity (Wildman–Crippen MR) is 274 cm³/mol. The Kier molecular flexibility index (Phi) is 34.4. The third-order valence-corrected chi connectivity index (χ3v) is 11.9. The molecule has 0 bridgehead atoms. The Morgan fingerprint density at radius 2 is 0.716 bits per heavy atom. The third-order valence-electron chi connectivity index (χ3n) is 11.9. The molecule has 456 valence electrons. The highest BCUT2D eigenvalue weighted by atomic mass is 16.6. The lowest BCUT2D eigenvalue weighted by molar-refractivity contribution is -0.144. The molecule has 0 aromatic carbocycles. The summed E-state index contributed by atoms with van der Waals surface area (Å²) < 4.78 is 5.19. The highest BCUT2D eigenvalue weighted by Gasteiger charge is 2.34. The summed E-state index contributed by atoms with van der Waals surface area (Å²) in [5, 5.41) is 87.9.